The molecule has 0 saturated carbocycles. The predicted molar refractivity (Wildman–Crippen MR) is 75.1 cm³/mol. The van der Waals surface area contributed by atoms with E-state index in [0.29, 0.717) is 17.8 Å². The Morgan fingerprint density at radius 2 is 2.21 bits per heavy atom. The van der Waals surface area contributed by atoms with E-state index >= 15 is 0 Å². The molecule has 5 nitrogen and oxygen atoms in total. The van der Waals surface area contributed by atoms with Gasteiger partial charge in [-0.2, -0.15) is 16.7 Å². The SMILES string of the molecule is CCNC1CSCC1c1nc(-c2ccncc2)no1. The molecule has 1 aliphatic rings. The quantitative estimate of drug-likeness (QED) is 0.920. The fourth-order valence-corrected chi connectivity index (χ4v) is 3.63. The van der Waals surface area contributed by atoms with Gasteiger partial charge in [-0.1, -0.05) is 12.1 Å². The van der Waals surface area contributed by atoms with Crippen LogP contribution in [0.5, 0.6) is 0 Å². The molecule has 3 rings (SSSR count). The summed E-state index contributed by atoms with van der Waals surface area (Å²) in [6, 6.07) is 4.21. The van der Waals surface area contributed by atoms with Gasteiger partial charge in [-0.3, -0.25) is 4.98 Å². The van der Waals surface area contributed by atoms with E-state index < -0.39 is 0 Å². The van der Waals surface area contributed by atoms with Gasteiger partial charge in [0.2, 0.25) is 11.7 Å². The molecular weight excluding hydrogens is 260 g/mol. The van der Waals surface area contributed by atoms with Crippen molar-refractivity contribution in [2.24, 2.45) is 0 Å². The molecule has 3 heterocycles. The lowest BCUT2D eigenvalue weighted by Gasteiger charge is -2.15. The molecule has 0 aromatic carbocycles. The molecule has 0 spiro atoms. The molecule has 1 N–H and O–H groups in total. The van der Waals surface area contributed by atoms with Crippen molar-refractivity contribution in [1.29, 1.82) is 0 Å². The Hall–Kier alpha value is -1.40. The molecule has 1 fully saturated rings. The second-order valence-electron chi connectivity index (χ2n) is 4.50. The van der Waals surface area contributed by atoms with Crippen molar-refractivity contribution in [2.45, 2.75) is 18.9 Å². The Kier molecular flexibility index (Phi) is 3.79. The Morgan fingerprint density at radius 3 is 3.00 bits per heavy atom. The number of pyridine rings is 1. The third-order valence-electron chi connectivity index (χ3n) is 3.24. The van der Waals surface area contributed by atoms with Crippen LogP contribution in [-0.4, -0.2) is 39.2 Å². The van der Waals surface area contributed by atoms with Crippen molar-refractivity contribution < 1.29 is 4.52 Å². The Balaban J connectivity index is 1.81. The molecule has 0 radical (unpaired) electrons. The molecule has 2 aromatic rings. The summed E-state index contributed by atoms with van der Waals surface area (Å²) in [6.07, 6.45) is 3.47. The van der Waals surface area contributed by atoms with Gasteiger partial charge in [-0.15, -0.1) is 0 Å². The number of nitrogens with one attached hydrogen (secondary N) is 1. The number of aromatic nitrogens is 3. The average Bonchev–Trinajstić information content (AvgIpc) is 3.08. The average molecular weight is 276 g/mol. The summed E-state index contributed by atoms with van der Waals surface area (Å²) in [5.41, 5.74) is 0.940. The first-order valence-corrected chi connectivity index (χ1v) is 7.59. The van der Waals surface area contributed by atoms with Crippen molar-refractivity contribution in [2.75, 3.05) is 18.1 Å². The lowest BCUT2D eigenvalue weighted by molar-refractivity contribution is 0.340. The number of hydrogen-bond donors (Lipinski definition) is 1. The summed E-state index contributed by atoms with van der Waals surface area (Å²) in [5, 5.41) is 7.56. The molecule has 2 aromatic heterocycles. The number of hydrogen-bond acceptors (Lipinski definition) is 6. The van der Waals surface area contributed by atoms with Crippen LogP contribution < -0.4 is 5.32 Å². The van der Waals surface area contributed by atoms with Crippen LogP contribution in [0.3, 0.4) is 0 Å². The van der Waals surface area contributed by atoms with Gasteiger partial charge in [-0.05, 0) is 18.7 Å². The number of rotatable bonds is 4. The second kappa shape index (κ2) is 5.71. The van der Waals surface area contributed by atoms with Crippen LogP contribution in [0.15, 0.2) is 29.0 Å². The summed E-state index contributed by atoms with van der Waals surface area (Å²) in [4.78, 5) is 8.53. The lowest BCUT2D eigenvalue weighted by Crippen LogP contribution is -2.34. The van der Waals surface area contributed by atoms with Gasteiger partial charge in [0.15, 0.2) is 0 Å². The van der Waals surface area contributed by atoms with E-state index in [9.17, 15) is 0 Å². The standard InChI is InChI=1S/C13H16N4OS/c1-2-15-11-8-19-7-10(11)13-16-12(17-18-13)9-3-5-14-6-4-9/h3-6,10-11,15H,2,7-8H2,1H3. The van der Waals surface area contributed by atoms with Crippen LogP contribution in [0.4, 0.5) is 0 Å². The third-order valence-corrected chi connectivity index (χ3v) is 4.43. The zero-order chi connectivity index (χ0) is 13.1. The van der Waals surface area contributed by atoms with E-state index in [0.717, 1.165) is 29.5 Å². The van der Waals surface area contributed by atoms with Crippen molar-refractivity contribution in [3.8, 4) is 11.4 Å². The zero-order valence-corrected chi connectivity index (χ0v) is 11.6. The first-order valence-electron chi connectivity index (χ1n) is 6.43. The van der Waals surface area contributed by atoms with Gasteiger partial charge in [-0.25, -0.2) is 0 Å². The van der Waals surface area contributed by atoms with Crippen molar-refractivity contribution >= 4 is 11.8 Å². The Morgan fingerprint density at radius 1 is 1.37 bits per heavy atom. The van der Waals surface area contributed by atoms with Gasteiger partial charge in [0.1, 0.15) is 0 Å². The van der Waals surface area contributed by atoms with Gasteiger partial charge in [0.25, 0.3) is 0 Å². The summed E-state index contributed by atoms with van der Waals surface area (Å²) >= 11 is 1.93. The van der Waals surface area contributed by atoms with Crippen LogP contribution in [-0.2, 0) is 0 Å². The highest BCUT2D eigenvalue weighted by Crippen LogP contribution is 2.32. The highest BCUT2D eigenvalue weighted by molar-refractivity contribution is 7.99. The van der Waals surface area contributed by atoms with Gasteiger partial charge >= 0.3 is 0 Å². The first kappa shape index (κ1) is 12.6. The van der Waals surface area contributed by atoms with Crippen molar-refractivity contribution in [3.63, 3.8) is 0 Å². The molecule has 1 aliphatic heterocycles. The summed E-state index contributed by atoms with van der Waals surface area (Å²) in [5.74, 6) is 3.83. The molecular formula is C13H16N4OS. The molecule has 6 heteroatoms. The topological polar surface area (TPSA) is 63.8 Å². The van der Waals surface area contributed by atoms with Crippen LogP contribution in [0.2, 0.25) is 0 Å². The zero-order valence-electron chi connectivity index (χ0n) is 10.7. The minimum atomic E-state index is 0.313. The van der Waals surface area contributed by atoms with Crippen LogP contribution in [0.1, 0.15) is 18.7 Å². The van der Waals surface area contributed by atoms with E-state index in [1.807, 2.05) is 23.9 Å². The first-order chi connectivity index (χ1) is 9.38. The summed E-state index contributed by atoms with van der Waals surface area (Å²) in [7, 11) is 0. The minimum absolute atomic E-state index is 0.313. The summed E-state index contributed by atoms with van der Waals surface area (Å²) in [6.45, 7) is 3.09. The monoisotopic (exact) mass is 276 g/mol. The van der Waals surface area contributed by atoms with E-state index in [-0.39, 0.29) is 0 Å². The Labute approximate surface area is 116 Å². The number of likely N-dealkylation sites (N-methyl/N-ethyl adjacent to an activating group) is 1. The van der Waals surface area contributed by atoms with Crippen molar-refractivity contribution in [3.05, 3.63) is 30.4 Å². The third kappa shape index (κ3) is 2.64. The molecule has 19 heavy (non-hydrogen) atoms. The molecule has 0 aliphatic carbocycles. The smallest absolute Gasteiger partial charge is 0.232 e. The highest BCUT2D eigenvalue weighted by Gasteiger charge is 2.32. The second-order valence-corrected chi connectivity index (χ2v) is 5.58. The molecule has 100 valence electrons. The highest BCUT2D eigenvalue weighted by atomic mass is 32.2. The molecule has 1 saturated heterocycles. The maximum absolute atomic E-state index is 5.44. The maximum atomic E-state index is 5.44. The summed E-state index contributed by atoms with van der Waals surface area (Å²) < 4.78 is 5.44. The van der Waals surface area contributed by atoms with E-state index in [1.54, 1.807) is 12.4 Å². The fraction of sp³-hybridized carbons (Fsp3) is 0.462. The van der Waals surface area contributed by atoms with Gasteiger partial charge < -0.3 is 9.84 Å². The lowest BCUT2D eigenvalue weighted by atomic mass is 10.0. The van der Waals surface area contributed by atoms with E-state index in [4.69, 9.17) is 4.52 Å². The molecule has 2 atom stereocenters. The van der Waals surface area contributed by atoms with Crippen LogP contribution in [0, 0.1) is 0 Å². The minimum Gasteiger partial charge on any atom is -0.339 e. The predicted octanol–water partition coefficient (Wildman–Crippen LogP) is 1.94. The molecule has 2 unspecified atom stereocenters. The van der Waals surface area contributed by atoms with Crippen molar-refractivity contribution in [1.82, 2.24) is 20.4 Å². The number of thioether (sulfide) groups is 1. The molecule has 0 bridgehead atoms. The van der Waals surface area contributed by atoms with Gasteiger partial charge in [0, 0.05) is 35.5 Å². The molecule has 0 amide bonds. The Bertz CT molecular complexity index is 530. The van der Waals surface area contributed by atoms with Crippen LogP contribution >= 0.6 is 11.8 Å². The maximum Gasteiger partial charge on any atom is 0.232 e. The van der Waals surface area contributed by atoms with E-state index in [2.05, 4.69) is 27.4 Å². The largest absolute Gasteiger partial charge is 0.339 e. The van der Waals surface area contributed by atoms with E-state index in [1.165, 1.54) is 0 Å². The fourth-order valence-electron chi connectivity index (χ4n) is 2.27. The number of nitrogens with zero attached hydrogens (tertiary/aromatic N) is 3. The van der Waals surface area contributed by atoms with Gasteiger partial charge in [0.05, 0.1) is 5.92 Å². The normalized spacial score (nSPS) is 22.8. The van der Waals surface area contributed by atoms with Crippen LogP contribution in [0.25, 0.3) is 11.4 Å².